The van der Waals surface area contributed by atoms with Gasteiger partial charge in [-0.1, -0.05) is 6.07 Å². The van der Waals surface area contributed by atoms with Gasteiger partial charge in [-0.3, -0.25) is 9.78 Å². The van der Waals surface area contributed by atoms with E-state index in [1.165, 1.54) is 0 Å². The van der Waals surface area contributed by atoms with Crippen LogP contribution < -0.4 is 4.90 Å². The van der Waals surface area contributed by atoms with Crippen LogP contribution in [-0.4, -0.2) is 56.5 Å². The Morgan fingerprint density at radius 3 is 2.38 bits per heavy atom. The molecule has 1 saturated heterocycles. The van der Waals surface area contributed by atoms with Gasteiger partial charge < -0.3 is 14.4 Å². The van der Waals surface area contributed by atoms with E-state index >= 15 is 0 Å². The maximum atomic E-state index is 12.5. The lowest BCUT2D eigenvalue weighted by atomic mass is 10.2. The quantitative estimate of drug-likeness (QED) is 0.724. The minimum Gasteiger partial charge on any atom is -0.353 e. The first-order chi connectivity index (χ1) is 12.7. The lowest BCUT2D eigenvalue weighted by Crippen LogP contribution is -2.49. The molecule has 1 fully saturated rings. The molecule has 0 aliphatic carbocycles. The van der Waals surface area contributed by atoms with Crippen molar-refractivity contribution in [3.63, 3.8) is 0 Å². The number of pyridine rings is 1. The van der Waals surface area contributed by atoms with Gasteiger partial charge in [-0.05, 0) is 31.2 Å². The maximum absolute atomic E-state index is 12.5. The Morgan fingerprint density at radius 1 is 0.962 bits per heavy atom. The smallest absolute Gasteiger partial charge is 0.272 e. The van der Waals surface area contributed by atoms with Gasteiger partial charge in [0.05, 0.1) is 0 Å². The van der Waals surface area contributed by atoms with E-state index < -0.39 is 0 Å². The van der Waals surface area contributed by atoms with Crippen molar-refractivity contribution in [2.45, 2.75) is 6.92 Å². The standard InChI is InChI=1S/C19H20N6O/c1-15-21-17(23-8-4-5-9-23)14-18(22-15)24-10-12-25(13-11-24)19(26)16-6-2-3-7-20-16/h2-9,14H,10-13H2,1H3. The summed E-state index contributed by atoms with van der Waals surface area (Å²) in [6.07, 6.45) is 5.58. The minimum atomic E-state index is -0.0165. The van der Waals surface area contributed by atoms with Crippen molar-refractivity contribution in [2.24, 2.45) is 0 Å². The number of piperazine rings is 1. The van der Waals surface area contributed by atoms with Crippen molar-refractivity contribution in [1.82, 2.24) is 24.4 Å². The topological polar surface area (TPSA) is 67.2 Å². The second kappa shape index (κ2) is 6.95. The molecule has 0 bridgehead atoms. The van der Waals surface area contributed by atoms with E-state index in [0.29, 0.717) is 18.8 Å². The van der Waals surface area contributed by atoms with Gasteiger partial charge in [-0.15, -0.1) is 0 Å². The van der Waals surface area contributed by atoms with Crippen molar-refractivity contribution < 1.29 is 4.79 Å². The number of rotatable bonds is 3. The van der Waals surface area contributed by atoms with E-state index in [2.05, 4.69) is 19.9 Å². The average molecular weight is 348 g/mol. The van der Waals surface area contributed by atoms with E-state index in [1.54, 1.807) is 12.3 Å². The molecule has 0 spiro atoms. The number of amides is 1. The van der Waals surface area contributed by atoms with Gasteiger partial charge in [0.2, 0.25) is 0 Å². The number of hydrogen-bond acceptors (Lipinski definition) is 5. The third kappa shape index (κ3) is 3.28. The molecule has 4 rings (SSSR count). The van der Waals surface area contributed by atoms with E-state index in [-0.39, 0.29) is 5.91 Å². The van der Waals surface area contributed by atoms with Crippen LogP contribution in [0.2, 0.25) is 0 Å². The van der Waals surface area contributed by atoms with Crippen LogP contribution in [0.4, 0.5) is 5.82 Å². The summed E-state index contributed by atoms with van der Waals surface area (Å²) < 4.78 is 1.97. The van der Waals surface area contributed by atoms with Crippen LogP contribution in [0.1, 0.15) is 16.3 Å². The molecule has 1 aliphatic rings. The third-order valence-electron chi connectivity index (χ3n) is 4.45. The van der Waals surface area contributed by atoms with Gasteiger partial charge in [-0.2, -0.15) is 0 Å². The average Bonchev–Trinajstić information content (AvgIpc) is 3.23. The summed E-state index contributed by atoms with van der Waals surface area (Å²) in [5.41, 5.74) is 0.494. The third-order valence-corrected chi connectivity index (χ3v) is 4.45. The van der Waals surface area contributed by atoms with Gasteiger partial charge in [0, 0.05) is 50.8 Å². The number of carbonyl (C=O) groups excluding carboxylic acids is 1. The molecule has 1 amide bonds. The van der Waals surface area contributed by atoms with Gasteiger partial charge in [0.1, 0.15) is 23.2 Å². The largest absolute Gasteiger partial charge is 0.353 e. The first-order valence-corrected chi connectivity index (χ1v) is 8.65. The van der Waals surface area contributed by atoms with E-state index in [1.807, 2.05) is 59.1 Å². The summed E-state index contributed by atoms with van der Waals surface area (Å²) in [5, 5.41) is 0. The highest BCUT2D eigenvalue weighted by Crippen LogP contribution is 2.18. The molecule has 0 atom stereocenters. The Bertz CT molecular complexity index is 886. The molecule has 1 aliphatic heterocycles. The number of aryl methyl sites for hydroxylation is 1. The Balaban J connectivity index is 1.47. The van der Waals surface area contributed by atoms with E-state index in [0.717, 1.165) is 30.5 Å². The van der Waals surface area contributed by atoms with Gasteiger partial charge in [-0.25, -0.2) is 9.97 Å². The fourth-order valence-electron chi connectivity index (χ4n) is 3.11. The molecule has 26 heavy (non-hydrogen) atoms. The molecule has 0 aromatic carbocycles. The van der Waals surface area contributed by atoms with Crippen LogP contribution in [0, 0.1) is 6.92 Å². The lowest BCUT2D eigenvalue weighted by molar-refractivity contribution is 0.0740. The summed E-state index contributed by atoms with van der Waals surface area (Å²) >= 11 is 0. The first-order valence-electron chi connectivity index (χ1n) is 8.65. The monoisotopic (exact) mass is 348 g/mol. The van der Waals surface area contributed by atoms with Crippen LogP contribution in [0.25, 0.3) is 5.82 Å². The summed E-state index contributed by atoms with van der Waals surface area (Å²) in [7, 11) is 0. The van der Waals surface area contributed by atoms with Crippen LogP contribution in [0.3, 0.4) is 0 Å². The van der Waals surface area contributed by atoms with Crippen LogP contribution in [-0.2, 0) is 0 Å². The molecule has 4 heterocycles. The first kappa shape index (κ1) is 16.3. The predicted molar refractivity (Wildman–Crippen MR) is 98.4 cm³/mol. The zero-order chi connectivity index (χ0) is 17.9. The van der Waals surface area contributed by atoms with Crippen LogP contribution >= 0.6 is 0 Å². The fourth-order valence-corrected chi connectivity index (χ4v) is 3.11. The molecular weight excluding hydrogens is 328 g/mol. The van der Waals surface area contributed by atoms with Gasteiger partial charge >= 0.3 is 0 Å². The van der Waals surface area contributed by atoms with Crippen LogP contribution in [0.15, 0.2) is 55.0 Å². The molecule has 3 aromatic rings. The fraction of sp³-hybridized carbons (Fsp3) is 0.263. The highest BCUT2D eigenvalue weighted by Gasteiger charge is 2.24. The Kier molecular flexibility index (Phi) is 4.35. The lowest BCUT2D eigenvalue weighted by Gasteiger charge is -2.35. The number of nitrogens with zero attached hydrogens (tertiary/aromatic N) is 6. The molecule has 3 aromatic heterocycles. The second-order valence-electron chi connectivity index (χ2n) is 6.22. The Labute approximate surface area is 151 Å². The zero-order valence-corrected chi connectivity index (χ0v) is 14.6. The summed E-state index contributed by atoms with van der Waals surface area (Å²) in [5.74, 6) is 2.46. The highest BCUT2D eigenvalue weighted by atomic mass is 16.2. The number of hydrogen-bond donors (Lipinski definition) is 0. The number of carbonyl (C=O) groups is 1. The number of aromatic nitrogens is 4. The Hall–Kier alpha value is -3.22. The minimum absolute atomic E-state index is 0.0165. The van der Waals surface area contributed by atoms with Crippen molar-refractivity contribution in [1.29, 1.82) is 0 Å². The summed E-state index contributed by atoms with van der Waals surface area (Å²) in [6.45, 7) is 4.67. The predicted octanol–water partition coefficient (Wildman–Crippen LogP) is 1.93. The van der Waals surface area contributed by atoms with Crippen molar-refractivity contribution in [2.75, 3.05) is 31.1 Å². The molecule has 7 nitrogen and oxygen atoms in total. The highest BCUT2D eigenvalue weighted by molar-refractivity contribution is 5.92. The second-order valence-corrected chi connectivity index (χ2v) is 6.22. The molecule has 7 heteroatoms. The number of anilines is 1. The zero-order valence-electron chi connectivity index (χ0n) is 14.6. The molecule has 0 N–H and O–H groups in total. The van der Waals surface area contributed by atoms with E-state index in [4.69, 9.17) is 0 Å². The van der Waals surface area contributed by atoms with Gasteiger partial charge in [0.15, 0.2) is 0 Å². The van der Waals surface area contributed by atoms with Gasteiger partial charge in [0.25, 0.3) is 5.91 Å². The molecule has 0 unspecified atom stereocenters. The Morgan fingerprint density at radius 2 is 1.69 bits per heavy atom. The van der Waals surface area contributed by atoms with Crippen molar-refractivity contribution >= 4 is 11.7 Å². The molecule has 0 radical (unpaired) electrons. The van der Waals surface area contributed by atoms with Crippen molar-refractivity contribution in [3.8, 4) is 5.82 Å². The summed E-state index contributed by atoms with van der Waals surface area (Å²) in [4.78, 5) is 29.8. The van der Waals surface area contributed by atoms with E-state index in [9.17, 15) is 4.79 Å². The van der Waals surface area contributed by atoms with Crippen LogP contribution in [0.5, 0.6) is 0 Å². The van der Waals surface area contributed by atoms with Crippen molar-refractivity contribution in [3.05, 3.63) is 66.5 Å². The SMILES string of the molecule is Cc1nc(N2CCN(C(=O)c3ccccn3)CC2)cc(-n2cccc2)n1. The molecule has 0 saturated carbocycles. The summed E-state index contributed by atoms with van der Waals surface area (Å²) in [6, 6.07) is 11.3. The molecular formula is C19H20N6O. The normalized spacial score (nSPS) is 14.5. The molecule has 132 valence electrons. The maximum Gasteiger partial charge on any atom is 0.272 e.